The minimum absolute atomic E-state index is 0.0194. The Bertz CT molecular complexity index is 358. The van der Waals surface area contributed by atoms with E-state index in [1.807, 2.05) is 0 Å². The molecule has 27 heavy (non-hydrogen) atoms. The molecule has 0 aromatic heterocycles. The van der Waals surface area contributed by atoms with Gasteiger partial charge in [0.2, 0.25) is 0 Å². The molecule has 0 atom stereocenters. The molecule has 0 spiro atoms. The average molecular weight is 383 g/mol. The molecule has 0 amide bonds. The number of unbranched alkanes of at least 4 members (excludes halogenated alkanes) is 11. The lowest BCUT2D eigenvalue weighted by molar-refractivity contribution is -0.870. The molecule has 0 rings (SSSR count). The topological polar surface area (TPSA) is 26.3 Å². The molecule has 0 radical (unpaired) electrons. The maximum atomic E-state index is 11.7. The van der Waals surface area contributed by atoms with E-state index >= 15 is 0 Å². The van der Waals surface area contributed by atoms with Gasteiger partial charge in [-0.05, 0) is 32.1 Å². The van der Waals surface area contributed by atoms with Crippen molar-refractivity contribution < 1.29 is 14.0 Å². The predicted molar refractivity (Wildman–Crippen MR) is 118 cm³/mol. The summed E-state index contributed by atoms with van der Waals surface area (Å²) in [5, 5.41) is 0. The summed E-state index contributed by atoms with van der Waals surface area (Å²) in [5.74, 6) is -0.0194. The Morgan fingerprint density at radius 1 is 0.741 bits per heavy atom. The van der Waals surface area contributed by atoms with Crippen molar-refractivity contribution in [2.45, 2.75) is 103 Å². The van der Waals surface area contributed by atoms with Gasteiger partial charge in [0.1, 0.15) is 0 Å². The minimum Gasteiger partial charge on any atom is -0.465 e. The van der Waals surface area contributed by atoms with E-state index in [1.165, 1.54) is 70.6 Å². The maximum Gasteiger partial charge on any atom is 0.305 e. The third-order valence-electron chi connectivity index (χ3n) is 4.88. The quantitative estimate of drug-likeness (QED) is 0.108. The Morgan fingerprint density at radius 3 is 1.81 bits per heavy atom. The van der Waals surface area contributed by atoms with Gasteiger partial charge in [-0.2, -0.15) is 0 Å². The van der Waals surface area contributed by atoms with Crippen molar-refractivity contribution in [1.29, 1.82) is 0 Å². The second-order valence-corrected chi connectivity index (χ2v) is 8.92. The number of carbonyl (C=O) groups excluding carboxylic acids is 1. The summed E-state index contributed by atoms with van der Waals surface area (Å²) in [6.07, 6.45) is 22.9. The van der Waals surface area contributed by atoms with E-state index in [4.69, 9.17) is 4.74 Å². The normalized spacial score (nSPS) is 12.0. The summed E-state index contributed by atoms with van der Waals surface area (Å²) < 4.78 is 6.22. The zero-order valence-corrected chi connectivity index (χ0v) is 18.9. The van der Waals surface area contributed by atoms with Crippen LogP contribution in [0.2, 0.25) is 0 Å². The average Bonchev–Trinajstić information content (AvgIpc) is 2.61. The van der Waals surface area contributed by atoms with Crippen LogP contribution < -0.4 is 0 Å². The van der Waals surface area contributed by atoms with E-state index in [0.29, 0.717) is 13.0 Å². The van der Waals surface area contributed by atoms with Crippen LogP contribution in [0, 0.1) is 0 Å². The van der Waals surface area contributed by atoms with Crippen molar-refractivity contribution >= 4 is 5.97 Å². The molecule has 0 aliphatic rings. The van der Waals surface area contributed by atoms with Gasteiger partial charge in [-0.3, -0.25) is 4.79 Å². The van der Waals surface area contributed by atoms with Gasteiger partial charge in [0.15, 0.2) is 0 Å². The van der Waals surface area contributed by atoms with Gasteiger partial charge in [-0.1, -0.05) is 70.4 Å². The van der Waals surface area contributed by atoms with Crippen LogP contribution in [0.4, 0.5) is 0 Å². The standard InChI is InChI=1S/C24H48NO2/c1-5-6-7-8-9-10-11-12-13-14-15-16-17-18-19-21-24(26)27-23-20-22-25(2,3)4/h12-13H,5-11,14-23H2,1-4H3/q+1/b13-12-. The van der Waals surface area contributed by atoms with Gasteiger partial charge in [0.25, 0.3) is 0 Å². The van der Waals surface area contributed by atoms with Crippen LogP contribution in [-0.2, 0) is 9.53 Å². The molecule has 3 nitrogen and oxygen atoms in total. The summed E-state index contributed by atoms with van der Waals surface area (Å²) in [7, 11) is 6.48. The van der Waals surface area contributed by atoms with Crippen LogP contribution >= 0.6 is 0 Å². The van der Waals surface area contributed by atoms with Crippen LogP contribution in [0.15, 0.2) is 12.2 Å². The molecule has 0 aliphatic carbocycles. The third-order valence-corrected chi connectivity index (χ3v) is 4.88. The monoisotopic (exact) mass is 382 g/mol. The molecule has 0 unspecified atom stereocenters. The zero-order valence-electron chi connectivity index (χ0n) is 18.9. The fourth-order valence-corrected chi connectivity index (χ4v) is 3.14. The lowest BCUT2D eigenvalue weighted by Crippen LogP contribution is -2.35. The number of quaternary nitrogens is 1. The first-order chi connectivity index (χ1) is 13.0. The van der Waals surface area contributed by atoms with Crippen LogP contribution in [-0.4, -0.2) is 44.7 Å². The fraction of sp³-hybridized carbons (Fsp3) is 0.875. The molecule has 160 valence electrons. The number of carbonyl (C=O) groups is 1. The van der Waals surface area contributed by atoms with Gasteiger partial charge in [0, 0.05) is 12.8 Å². The Hall–Kier alpha value is -0.830. The summed E-state index contributed by atoms with van der Waals surface area (Å²) in [4.78, 5) is 11.7. The molecule has 0 fully saturated rings. The molecule has 0 aliphatic heterocycles. The second kappa shape index (κ2) is 18.5. The molecule has 0 N–H and O–H groups in total. The summed E-state index contributed by atoms with van der Waals surface area (Å²) in [5.41, 5.74) is 0. The van der Waals surface area contributed by atoms with Crippen molar-refractivity contribution in [3.63, 3.8) is 0 Å². The lowest BCUT2D eigenvalue weighted by atomic mass is 10.1. The van der Waals surface area contributed by atoms with Crippen LogP contribution in [0.1, 0.15) is 103 Å². The smallest absolute Gasteiger partial charge is 0.305 e. The summed E-state index contributed by atoms with van der Waals surface area (Å²) in [6.45, 7) is 3.88. The molecule has 0 bridgehead atoms. The number of esters is 1. The van der Waals surface area contributed by atoms with E-state index in [1.54, 1.807) is 0 Å². The molecule has 3 heteroatoms. The predicted octanol–water partition coefficient (Wildman–Crippen LogP) is 6.66. The highest BCUT2D eigenvalue weighted by Crippen LogP contribution is 2.10. The van der Waals surface area contributed by atoms with Crippen molar-refractivity contribution in [2.75, 3.05) is 34.3 Å². The number of nitrogens with zero attached hydrogens (tertiary/aromatic N) is 1. The Morgan fingerprint density at radius 2 is 1.26 bits per heavy atom. The molecule has 0 saturated heterocycles. The molecular formula is C24H48NO2+. The Balaban J connectivity index is 3.26. The fourth-order valence-electron chi connectivity index (χ4n) is 3.14. The largest absolute Gasteiger partial charge is 0.465 e. The second-order valence-electron chi connectivity index (χ2n) is 8.92. The van der Waals surface area contributed by atoms with Crippen molar-refractivity contribution in [3.8, 4) is 0 Å². The summed E-state index contributed by atoms with van der Waals surface area (Å²) in [6, 6.07) is 0. The van der Waals surface area contributed by atoms with E-state index < -0.39 is 0 Å². The zero-order chi connectivity index (χ0) is 20.2. The number of allylic oxidation sites excluding steroid dienone is 2. The highest BCUT2D eigenvalue weighted by molar-refractivity contribution is 5.69. The van der Waals surface area contributed by atoms with Crippen molar-refractivity contribution in [3.05, 3.63) is 12.2 Å². The summed E-state index contributed by atoms with van der Waals surface area (Å²) >= 11 is 0. The number of hydrogen-bond acceptors (Lipinski definition) is 2. The minimum atomic E-state index is -0.0194. The first-order valence-electron chi connectivity index (χ1n) is 11.6. The van der Waals surface area contributed by atoms with Crippen molar-refractivity contribution in [1.82, 2.24) is 0 Å². The van der Waals surface area contributed by atoms with Gasteiger partial charge in [-0.15, -0.1) is 0 Å². The van der Waals surface area contributed by atoms with E-state index in [2.05, 4.69) is 40.2 Å². The van der Waals surface area contributed by atoms with Crippen LogP contribution in [0.25, 0.3) is 0 Å². The number of rotatable bonds is 19. The van der Waals surface area contributed by atoms with Crippen molar-refractivity contribution in [2.24, 2.45) is 0 Å². The SMILES string of the molecule is CCCCCCCC/C=C\CCCCCCCC(=O)OCCC[N+](C)(C)C. The van der Waals surface area contributed by atoms with Crippen LogP contribution in [0.3, 0.4) is 0 Å². The van der Waals surface area contributed by atoms with Gasteiger partial charge in [0.05, 0.1) is 34.3 Å². The lowest BCUT2D eigenvalue weighted by Gasteiger charge is -2.23. The molecule has 0 heterocycles. The van der Waals surface area contributed by atoms with E-state index in [-0.39, 0.29) is 5.97 Å². The Kier molecular flexibility index (Phi) is 18.0. The molecule has 0 aromatic rings. The van der Waals surface area contributed by atoms with E-state index in [9.17, 15) is 4.79 Å². The van der Waals surface area contributed by atoms with Gasteiger partial charge in [-0.25, -0.2) is 0 Å². The number of hydrogen-bond donors (Lipinski definition) is 0. The Labute approximate surface area is 170 Å². The highest BCUT2D eigenvalue weighted by atomic mass is 16.5. The van der Waals surface area contributed by atoms with Gasteiger partial charge >= 0.3 is 5.97 Å². The van der Waals surface area contributed by atoms with E-state index in [0.717, 1.165) is 30.3 Å². The third kappa shape index (κ3) is 23.1. The van der Waals surface area contributed by atoms with Crippen LogP contribution in [0.5, 0.6) is 0 Å². The first kappa shape index (κ1) is 26.2. The molecule has 0 aromatic carbocycles. The molecular weight excluding hydrogens is 334 g/mol. The maximum absolute atomic E-state index is 11.7. The molecule has 0 saturated carbocycles. The first-order valence-corrected chi connectivity index (χ1v) is 11.6. The highest BCUT2D eigenvalue weighted by Gasteiger charge is 2.07. The number of ether oxygens (including phenoxy) is 1. The van der Waals surface area contributed by atoms with Gasteiger partial charge < -0.3 is 9.22 Å².